The Kier molecular flexibility index (Phi) is 5.39. The molecular weight excluding hydrogens is 416 g/mol. The third kappa shape index (κ3) is 4.19. The van der Waals surface area contributed by atoms with Crippen molar-refractivity contribution < 1.29 is 23.1 Å². The molecule has 8 heteroatoms. The number of carbonyl (C=O) groups is 2. The van der Waals surface area contributed by atoms with Crippen molar-refractivity contribution in [2.24, 2.45) is 0 Å². The van der Waals surface area contributed by atoms with Crippen molar-refractivity contribution in [1.82, 2.24) is 0 Å². The van der Waals surface area contributed by atoms with Crippen molar-refractivity contribution in [2.45, 2.75) is 16.6 Å². The van der Waals surface area contributed by atoms with Gasteiger partial charge in [-0.3, -0.25) is 9.59 Å². The van der Waals surface area contributed by atoms with E-state index in [0.29, 0.717) is 12.5 Å². The summed E-state index contributed by atoms with van der Waals surface area (Å²) < 4.78 is 31.8. The summed E-state index contributed by atoms with van der Waals surface area (Å²) in [5, 5.41) is 1.85. The molecule has 3 rings (SSSR count). The second-order valence-corrected chi connectivity index (χ2v) is 7.42. The minimum atomic E-state index is -0.923. The number of nitrogens with one attached hydrogen (secondary N) is 1. The molecule has 130 valence electrons. The summed E-state index contributed by atoms with van der Waals surface area (Å²) in [6.07, 6.45) is 0.541. The minimum absolute atomic E-state index is 0.0616. The molecule has 1 heterocycles. The van der Waals surface area contributed by atoms with E-state index in [1.165, 1.54) is 11.8 Å². The molecule has 1 amide bonds. The molecule has 1 aliphatic rings. The Morgan fingerprint density at radius 2 is 2.04 bits per heavy atom. The molecule has 0 aromatic heterocycles. The number of thioether (sulfide) groups is 1. The van der Waals surface area contributed by atoms with Crippen molar-refractivity contribution >= 4 is 45.3 Å². The van der Waals surface area contributed by atoms with E-state index < -0.39 is 35.4 Å². The largest absolute Gasteiger partial charge is 0.455 e. The Morgan fingerprint density at radius 3 is 2.76 bits per heavy atom. The number of carbonyl (C=O) groups excluding carboxylic acids is 2. The molecular formula is C17H12BrF2NO3S. The molecule has 0 saturated carbocycles. The Morgan fingerprint density at radius 1 is 1.28 bits per heavy atom. The smallest absolute Gasteiger partial charge is 0.320 e. The number of hydrogen-bond donors (Lipinski definition) is 1. The fourth-order valence-corrected chi connectivity index (χ4v) is 4.08. The van der Waals surface area contributed by atoms with Gasteiger partial charge in [-0.15, -0.1) is 11.8 Å². The van der Waals surface area contributed by atoms with Gasteiger partial charge in [-0.2, -0.15) is 0 Å². The Labute approximate surface area is 155 Å². The lowest BCUT2D eigenvalue weighted by atomic mass is 10.1. The van der Waals surface area contributed by atoms with Gasteiger partial charge in [0.05, 0.1) is 5.69 Å². The molecule has 25 heavy (non-hydrogen) atoms. The quantitative estimate of drug-likeness (QED) is 0.751. The fraction of sp³-hybridized carbons (Fsp3) is 0.176. The highest BCUT2D eigenvalue weighted by atomic mass is 79.9. The van der Waals surface area contributed by atoms with E-state index in [1.807, 2.05) is 24.3 Å². The lowest BCUT2D eigenvalue weighted by Gasteiger charge is -2.11. The van der Waals surface area contributed by atoms with Crippen molar-refractivity contribution in [3.05, 3.63) is 58.1 Å². The summed E-state index contributed by atoms with van der Waals surface area (Å²) in [6.45, 7) is -0.546. The highest BCUT2D eigenvalue weighted by Gasteiger charge is 2.29. The van der Waals surface area contributed by atoms with E-state index in [2.05, 4.69) is 21.2 Å². The third-order valence-corrected chi connectivity index (χ3v) is 5.45. The first-order valence-corrected chi connectivity index (χ1v) is 8.97. The number of ether oxygens (including phenoxy) is 1. The number of benzene rings is 2. The predicted molar refractivity (Wildman–Crippen MR) is 93.4 cm³/mol. The van der Waals surface area contributed by atoms with E-state index in [-0.39, 0.29) is 10.2 Å². The van der Waals surface area contributed by atoms with Gasteiger partial charge in [0.25, 0.3) is 5.91 Å². The SMILES string of the molecule is O=C(COC(=O)C1Cc2ccccc2S1)Nc1c(F)cc(F)cc1Br. The van der Waals surface area contributed by atoms with Crippen LogP contribution in [-0.4, -0.2) is 23.7 Å². The van der Waals surface area contributed by atoms with Crippen LogP contribution in [0.5, 0.6) is 0 Å². The molecule has 2 aromatic carbocycles. The first kappa shape index (κ1) is 17.9. The monoisotopic (exact) mass is 427 g/mol. The summed E-state index contributed by atoms with van der Waals surface area (Å²) in [5.74, 6) is -2.91. The predicted octanol–water partition coefficient (Wildman–Crippen LogP) is 3.93. The van der Waals surface area contributed by atoms with E-state index in [1.54, 1.807) is 0 Å². The van der Waals surface area contributed by atoms with Gasteiger partial charge in [0.2, 0.25) is 0 Å². The van der Waals surface area contributed by atoms with Crippen LogP contribution in [0, 0.1) is 11.6 Å². The molecule has 0 radical (unpaired) electrons. The first-order chi connectivity index (χ1) is 11.9. The van der Waals surface area contributed by atoms with E-state index in [0.717, 1.165) is 16.5 Å². The molecule has 0 aliphatic carbocycles. The number of fused-ring (bicyclic) bond motifs is 1. The first-order valence-electron chi connectivity index (χ1n) is 7.29. The molecule has 4 nitrogen and oxygen atoms in total. The number of esters is 1. The summed E-state index contributed by atoms with van der Waals surface area (Å²) in [4.78, 5) is 25.0. The van der Waals surface area contributed by atoms with E-state index >= 15 is 0 Å². The molecule has 1 N–H and O–H groups in total. The molecule has 2 aromatic rings. The van der Waals surface area contributed by atoms with Crippen molar-refractivity contribution in [3.8, 4) is 0 Å². The Hall–Kier alpha value is -1.93. The van der Waals surface area contributed by atoms with E-state index in [9.17, 15) is 18.4 Å². The molecule has 0 saturated heterocycles. The second kappa shape index (κ2) is 7.53. The zero-order valence-corrected chi connectivity index (χ0v) is 15.1. The molecule has 1 atom stereocenters. The van der Waals surface area contributed by atoms with Crippen LogP contribution in [0.15, 0.2) is 45.8 Å². The second-order valence-electron chi connectivity index (χ2n) is 5.32. The average molecular weight is 428 g/mol. The number of rotatable bonds is 4. The van der Waals surface area contributed by atoms with Gasteiger partial charge in [0.15, 0.2) is 12.4 Å². The fourth-order valence-electron chi connectivity index (χ4n) is 2.38. The van der Waals surface area contributed by atoms with Crippen LogP contribution in [0.3, 0.4) is 0 Å². The van der Waals surface area contributed by atoms with Gasteiger partial charge < -0.3 is 10.1 Å². The van der Waals surface area contributed by atoms with Gasteiger partial charge in [-0.05, 0) is 40.0 Å². The molecule has 0 spiro atoms. The summed E-state index contributed by atoms with van der Waals surface area (Å²) >= 11 is 4.36. The minimum Gasteiger partial charge on any atom is -0.455 e. The van der Waals surface area contributed by atoms with Crippen LogP contribution in [0.1, 0.15) is 5.56 Å². The summed E-state index contributed by atoms with van der Waals surface area (Å²) in [7, 11) is 0. The maximum Gasteiger partial charge on any atom is 0.320 e. The Bertz CT molecular complexity index is 798. The van der Waals surface area contributed by atoms with E-state index in [4.69, 9.17) is 4.74 Å². The lowest BCUT2D eigenvalue weighted by Crippen LogP contribution is -2.26. The van der Waals surface area contributed by atoms with Crippen LogP contribution in [0.2, 0.25) is 0 Å². The molecule has 0 fully saturated rings. The maximum absolute atomic E-state index is 13.7. The standard InChI is InChI=1S/C17H12BrF2NO3S/c18-11-6-10(19)7-12(20)16(11)21-15(22)8-24-17(23)14-5-9-3-1-2-4-13(9)25-14/h1-4,6-7,14H,5,8H2,(H,21,22). The third-order valence-electron chi connectivity index (χ3n) is 3.53. The molecule has 1 aliphatic heterocycles. The number of hydrogen-bond acceptors (Lipinski definition) is 4. The average Bonchev–Trinajstić information content (AvgIpc) is 3.00. The van der Waals surface area contributed by atoms with Crippen LogP contribution in [0.4, 0.5) is 14.5 Å². The topological polar surface area (TPSA) is 55.4 Å². The molecule has 1 unspecified atom stereocenters. The maximum atomic E-state index is 13.7. The van der Waals surface area contributed by atoms with Crippen LogP contribution in [0.25, 0.3) is 0 Å². The van der Waals surface area contributed by atoms with Crippen LogP contribution < -0.4 is 5.32 Å². The number of halogens is 3. The van der Waals surface area contributed by atoms with Gasteiger partial charge in [-0.25, -0.2) is 8.78 Å². The van der Waals surface area contributed by atoms with Crippen molar-refractivity contribution in [3.63, 3.8) is 0 Å². The van der Waals surface area contributed by atoms with Crippen LogP contribution in [-0.2, 0) is 20.7 Å². The van der Waals surface area contributed by atoms with Crippen molar-refractivity contribution in [2.75, 3.05) is 11.9 Å². The Balaban J connectivity index is 1.54. The summed E-state index contributed by atoms with van der Waals surface area (Å²) in [5.41, 5.74) is 0.862. The van der Waals surface area contributed by atoms with Crippen molar-refractivity contribution in [1.29, 1.82) is 0 Å². The van der Waals surface area contributed by atoms with Gasteiger partial charge >= 0.3 is 5.97 Å². The highest BCUT2D eigenvalue weighted by Crippen LogP contribution is 2.37. The zero-order chi connectivity index (χ0) is 18.0. The normalized spacial score (nSPS) is 15.6. The highest BCUT2D eigenvalue weighted by molar-refractivity contribution is 9.10. The lowest BCUT2D eigenvalue weighted by molar-refractivity contribution is -0.146. The van der Waals surface area contributed by atoms with Gasteiger partial charge in [-0.1, -0.05) is 18.2 Å². The van der Waals surface area contributed by atoms with Gasteiger partial charge in [0.1, 0.15) is 11.1 Å². The zero-order valence-electron chi connectivity index (χ0n) is 12.7. The number of amides is 1. The molecule has 0 bridgehead atoms. The van der Waals surface area contributed by atoms with Crippen LogP contribution >= 0.6 is 27.7 Å². The summed E-state index contributed by atoms with van der Waals surface area (Å²) in [6, 6.07) is 9.33. The van der Waals surface area contributed by atoms with Gasteiger partial charge in [0, 0.05) is 15.4 Å². The number of anilines is 1.